The molecule has 1 atom stereocenters. The van der Waals surface area contributed by atoms with Gasteiger partial charge in [-0.05, 0) is 62.1 Å². The molecule has 0 bridgehead atoms. The number of piperazine rings is 1. The van der Waals surface area contributed by atoms with Crippen molar-refractivity contribution in [3.8, 4) is 0 Å². The van der Waals surface area contributed by atoms with Crippen molar-refractivity contribution < 1.29 is 9.59 Å². The first-order valence-electron chi connectivity index (χ1n) is 11.1. The summed E-state index contributed by atoms with van der Waals surface area (Å²) >= 11 is 0. The normalized spacial score (nSPS) is 16.0. The maximum atomic E-state index is 12.7. The summed E-state index contributed by atoms with van der Waals surface area (Å²) < 4.78 is 0. The lowest BCUT2D eigenvalue weighted by Crippen LogP contribution is -2.53. The number of carbonyl (C=O) groups is 2. The molecule has 3 rings (SSSR count). The summed E-state index contributed by atoms with van der Waals surface area (Å²) in [6.07, 6.45) is 0.984. The van der Waals surface area contributed by atoms with Crippen LogP contribution >= 0.6 is 0 Å². The fraction of sp³-hybridized carbons (Fsp3) is 0.440. The number of carbonyl (C=O) groups excluding carboxylic acids is 2. The van der Waals surface area contributed by atoms with Gasteiger partial charge in [0.05, 0.1) is 12.6 Å². The number of benzene rings is 2. The minimum Gasteiger partial charge on any atom is -0.325 e. The van der Waals surface area contributed by atoms with E-state index in [4.69, 9.17) is 0 Å². The van der Waals surface area contributed by atoms with E-state index in [9.17, 15) is 9.59 Å². The van der Waals surface area contributed by atoms with Crippen molar-refractivity contribution >= 4 is 23.2 Å². The molecule has 2 amide bonds. The minimum absolute atomic E-state index is 0.00321. The number of nitrogens with one attached hydrogen (secondary N) is 2. The Hall–Kier alpha value is -2.70. The first kappa shape index (κ1) is 23.0. The standard InChI is InChI=1S/C25H34N4O2/c1-5-21-9-11-22(12-10-21)26-25(31)20(4)29-15-13-28(14-16-29)17-24(30)27-23-8-6-7-18(2)19(23)3/h6-12,20H,5,13-17H2,1-4H3,(H,26,31)(H,27,30). The molecule has 1 saturated heterocycles. The summed E-state index contributed by atoms with van der Waals surface area (Å²) in [5.41, 5.74) is 5.23. The van der Waals surface area contributed by atoms with Gasteiger partial charge in [-0.2, -0.15) is 0 Å². The van der Waals surface area contributed by atoms with Crippen molar-refractivity contribution in [2.75, 3.05) is 43.4 Å². The molecule has 1 aliphatic rings. The lowest BCUT2D eigenvalue weighted by Gasteiger charge is -2.37. The predicted octanol–water partition coefficient (Wildman–Crippen LogP) is 3.45. The lowest BCUT2D eigenvalue weighted by atomic mass is 10.1. The molecule has 6 heteroatoms. The van der Waals surface area contributed by atoms with Crippen molar-refractivity contribution in [1.82, 2.24) is 9.80 Å². The Morgan fingerprint density at radius 1 is 0.968 bits per heavy atom. The van der Waals surface area contributed by atoms with Crippen LogP contribution in [0.25, 0.3) is 0 Å². The van der Waals surface area contributed by atoms with E-state index in [0.717, 1.165) is 49.5 Å². The zero-order valence-electron chi connectivity index (χ0n) is 19.1. The van der Waals surface area contributed by atoms with Crippen molar-refractivity contribution in [2.24, 2.45) is 0 Å². The summed E-state index contributed by atoms with van der Waals surface area (Å²) in [6, 6.07) is 13.7. The largest absolute Gasteiger partial charge is 0.325 e. The average Bonchev–Trinajstić information content (AvgIpc) is 2.77. The molecule has 31 heavy (non-hydrogen) atoms. The topological polar surface area (TPSA) is 64.7 Å². The van der Waals surface area contributed by atoms with Crippen LogP contribution in [0.3, 0.4) is 0 Å². The van der Waals surface area contributed by atoms with Crippen LogP contribution in [0.15, 0.2) is 42.5 Å². The van der Waals surface area contributed by atoms with E-state index in [0.29, 0.717) is 6.54 Å². The molecule has 1 fully saturated rings. The van der Waals surface area contributed by atoms with Gasteiger partial charge in [-0.1, -0.05) is 31.2 Å². The molecule has 2 aromatic carbocycles. The first-order valence-corrected chi connectivity index (χ1v) is 11.1. The van der Waals surface area contributed by atoms with E-state index < -0.39 is 0 Å². The monoisotopic (exact) mass is 422 g/mol. The van der Waals surface area contributed by atoms with Crippen LogP contribution in [0, 0.1) is 13.8 Å². The number of hydrogen-bond donors (Lipinski definition) is 2. The van der Waals surface area contributed by atoms with E-state index in [1.54, 1.807) is 0 Å². The van der Waals surface area contributed by atoms with Crippen LogP contribution in [0.2, 0.25) is 0 Å². The van der Waals surface area contributed by atoms with Crippen molar-refractivity contribution in [2.45, 2.75) is 40.2 Å². The lowest BCUT2D eigenvalue weighted by molar-refractivity contribution is -0.122. The zero-order valence-corrected chi connectivity index (χ0v) is 19.1. The maximum absolute atomic E-state index is 12.7. The third-order valence-corrected chi connectivity index (χ3v) is 6.21. The van der Waals surface area contributed by atoms with Gasteiger partial charge in [0.2, 0.25) is 11.8 Å². The number of nitrogens with zero attached hydrogens (tertiary/aromatic N) is 2. The van der Waals surface area contributed by atoms with Crippen molar-refractivity contribution in [3.63, 3.8) is 0 Å². The van der Waals surface area contributed by atoms with Crippen LogP contribution in [0.4, 0.5) is 11.4 Å². The van der Waals surface area contributed by atoms with Crippen LogP contribution in [0.5, 0.6) is 0 Å². The van der Waals surface area contributed by atoms with E-state index in [2.05, 4.69) is 27.4 Å². The highest BCUT2D eigenvalue weighted by molar-refractivity contribution is 5.94. The van der Waals surface area contributed by atoms with E-state index in [1.807, 2.05) is 63.2 Å². The predicted molar refractivity (Wildman–Crippen MR) is 126 cm³/mol. The highest BCUT2D eigenvalue weighted by Crippen LogP contribution is 2.18. The van der Waals surface area contributed by atoms with Crippen LogP contribution in [0.1, 0.15) is 30.5 Å². The average molecular weight is 423 g/mol. The maximum Gasteiger partial charge on any atom is 0.241 e. The molecular weight excluding hydrogens is 388 g/mol. The van der Waals surface area contributed by atoms with Gasteiger partial charge in [0.15, 0.2) is 0 Å². The van der Waals surface area contributed by atoms with Gasteiger partial charge < -0.3 is 10.6 Å². The fourth-order valence-corrected chi connectivity index (χ4v) is 3.82. The summed E-state index contributed by atoms with van der Waals surface area (Å²) in [5, 5.41) is 6.04. The fourth-order valence-electron chi connectivity index (χ4n) is 3.82. The first-order chi connectivity index (χ1) is 14.9. The number of aryl methyl sites for hydroxylation is 2. The van der Waals surface area contributed by atoms with E-state index >= 15 is 0 Å². The highest BCUT2D eigenvalue weighted by atomic mass is 16.2. The third-order valence-electron chi connectivity index (χ3n) is 6.21. The van der Waals surface area contributed by atoms with Gasteiger partial charge >= 0.3 is 0 Å². The number of rotatable bonds is 7. The minimum atomic E-state index is -0.211. The van der Waals surface area contributed by atoms with Gasteiger partial charge in [-0.3, -0.25) is 19.4 Å². The molecule has 2 N–H and O–H groups in total. The molecule has 6 nitrogen and oxygen atoms in total. The molecule has 166 valence electrons. The summed E-state index contributed by atoms with van der Waals surface area (Å²) in [7, 11) is 0. The van der Waals surface area contributed by atoms with Gasteiger partial charge in [-0.25, -0.2) is 0 Å². The van der Waals surface area contributed by atoms with Crippen LogP contribution in [-0.2, 0) is 16.0 Å². The molecule has 0 aromatic heterocycles. The quantitative estimate of drug-likeness (QED) is 0.717. The summed E-state index contributed by atoms with van der Waals surface area (Å²) in [6.45, 7) is 11.6. The molecule has 0 aliphatic carbocycles. The van der Waals surface area contributed by atoms with Crippen LogP contribution < -0.4 is 10.6 Å². The summed E-state index contributed by atoms with van der Waals surface area (Å²) in [5.74, 6) is 0.00818. The smallest absolute Gasteiger partial charge is 0.241 e. The molecule has 1 unspecified atom stereocenters. The third kappa shape index (κ3) is 6.15. The molecule has 0 saturated carbocycles. The van der Waals surface area contributed by atoms with Gasteiger partial charge in [0.25, 0.3) is 0 Å². The number of amides is 2. The Labute approximate surface area is 185 Å². The zero-order chi connectivity index (χ0) is 22.4. The molecule has 1 aliphatic heterocycles. The molecule has 1 heterocycles. The van der Waals surface area contributed by atoms with Crippen molar-refractivity contribution in [1.29, 1.82) is 0 Å². The second-order valence-corrected chi connectivity index (χ2v) is 8.32. The Balaban J connectivity index is 1.45. The van der Waals surface area contributed by atoms with Crippen LogP contribution in [-0.4, -0.2) is 60.4 Å². The van der Waals surface area contributed by atoms with Gasteiger partial charge in [-0.15, -0.1) is 0 Å². The number of anilines is 2. The Kier molecular flexibility index (Phi) is 7.82. The molecular formula is C25H34N4O2. The Morgan fingerprint density at radius 2 is 1.65 bits per heavy atom. The highest BCUT2D eigenvalue weighted by Gasteiger charge is 2.26. The molecule has 0 radical (unpaired) electrons. The summed E-state index contributed by atoms with van der Waals surface area (Å²) in [4.78, 5) is 29.5. The SMILES string of the molecule is CCc1ccc(NC(=O)C(C)N2CCN(CC(=O)Nc3cccc(C)c3C)CC2)cc1. The molecule has 2 aromatic rings. The van der Waals surface area contributed by atoms with Gasteiger partial charge in [0.1, 0.15) is 0 Å². The Bertz CT molecular complexity index is 902. The number of hydrogen-bond acceptors (Lipinski definition) is 4. The Morgan fingerprint density at radius 3 is 2.29 bits per heavy atom. The second kappa shape index (κ2) is 10.6. The second-order valence-electron chi connectivity index (χ2n) is 8.32. The van der Waals surface area contributed by atoms with Gasteiger partial charge in [0, 0.05) is 37.6 Å². The van der Waals surface area contributed by atoms with E-state index in [-0.39, 0.29) is 17.9 Å². The van der Waals surface area contributed by atoms with E-state index in [1.165, 1.54) is 11.1 Å². The van der Waals surface area contributed by atoms with Crippen molar-refractivity contribution in [3.05, 3.63) is 59.2 Å². The molecule has 0 spiro atoms.